The van der Waals surface area contributed by atoms with Crippen LogP contribution in [0.3, 0.4) is 0 Å². The Labute approximate surface area is 170 Å². The average Bonchev–Trinajstić information content (AvgIpc) is 3.47. The van der Waals surface area contributed by atoms with E-state index >= 15 is 0 Å². The molecule has 8 heteroatoms. The van der Waals surface area contributed by atoms with Gasteiger partial charge in [0.2, 0.25) is 11.7 Å². The summed E-state index contributed by atoms with van der Waals surface area (Å²) < 4.78 is 7.42. The van der Waals surface area contributed by atoms with E-state index in [0.717, 1.165) is 11.3 Å². The van der Waals surface area contributed by atoms with E-state index in [0.29, 0.717) is 23.3 Å². The van der Waals surface area contributed by atoms with Crippen molar-refractivity contribution in [3.63, 3.8) is 0 Å². The van der Waals surface area contributed by atoms with Gasteiger partial charge in [-0.25, -0.2) is 0 Å². The summed E-state index contributed by atoms with van der Waals surface area (Å²) >= 11 is 3.00. The summed E-state index contributed by atoms with van der Waals surface area (Å²) in [4.78, 5) is 14.3. The molecule has 4 rings (SSSR count). The molecule has 3 heterocycles. The van der Waals surface area contributed by atoms with Crippen LogP contribution in [0.4, 0.5) is 0 Å². The van der Waals surface area contributed by atoms with Gasteiger partial charge >= 0.3 is 0 Å². The fourth-order valence-corrected chi connectivity index (χ4v) is 4.27. The zero-order valence-electron chi connectivity index (χ0n) is 15.2. The summed E-state index contributed by atoms with van der Waals surface area (Å²) in [5, 5.41) is 13.3. The zero-order chi connectivity index (χ0) is 19.3. The van der Waals surface area contributed by atoms with Crippen molar-refractivity contribution in [2.24, 2.45) is 0 Å². The van der Waals surface area contributed by atoms with Gasteiger partial charge in [-0.2, -0.15) is 11.3 Å². The van der Waals surface area contributed by atoms with Crippen molar-refractivity contribution in [2.75, 3.05) is 12.8 Å². The lowest BCUT2D eigenvalue weighted by atomic mass is 10.3. The third-order valence-electron chi connectivity index (χ3n) is 4.14. The van der Waals surface area contributed by atoms with Crippen LogP contribution in [-0.4, -0.2) is 38.4 Å². The summed E-state index contributed by atoms with van der Waals surface area (Å²) in [7, 11) is 1.82. The smallest absolute Gasteiger partial charge is 0.233 e. The van der Waals surface area contributed by atoms with Gasteiger partial charge in [0.05, 0.1) is 12.0 Å². The molecule has 0 saturated heterocycles. The maximum absolute atomic E-state index is 12.6. The second-order valence-corrected chi connectivity index (χ2v) is 7.85. The first-order valence-electron chi connectivity index (χ1n) is 8.65. The highest BCUT2D eigenvalue weighted by Gasteiger charge is 2.19. The molecule has 28 heavy (non-hydrogen) atoms. The van der Waals surface area contributed by atoms with Crippen LogP contribution in [0.25, 0.3) is 17.3 Å². The van der Waals surface area contributed by atoms with Gasteiger partial charge in [0, 0.05) is 19.3 Å². The van der Waals surface area contributed by atoms with Crippen LogP contribution in [0.2, 0.25) is 0 Å². The summed E-state index contributed by atoms with van der Waals surface area (Å²) in [5.74, 6) is 1.56. The number of thiophene rings is 1. The summed E-state index contributed by atoms with van der Waals surface area (Å²) in [6, 6.07) is 15.5. The van der Waals surface area contributed by atoms with Crippen LogP contribution in [0.5, 0.6) is 0 Å². The lowest BCUT2D eigenvalue weighted by molar-refractivity contribution is -0.127. The monoisotopic (exact) mass is 410 g/mol. The Hall–Kier alpha value is -2.84. The molecule has 0 bridgehead atoms. The third kappa shape index (κ3) is 4.02. The van der Waals surface area contributed by atoms with Crippen LogP contribution in [0.15, 0.2) is 75.1 Å². The van der Waals surface area contributed by atoms with Gasteiger partial charge in [-0.1, -0.05) is 30.0 Å². The lowest BCUT2D eigenvalue weighted by Crippen LogP contribution is -2.27. The Morgan fingerprint density at radius 1 is 1.18 bits per heavy atom. The lowest BCUT2D eigenvalue weighted by Gasteiger charge is -2.16. The number of hydrogen-bond acceptors (Lipinski definition) is 6. The minimum absolute atomic E-state index is 0.0401. The van der Waals surface area contributed by atoms with E-state index in [4.69, 9.17) is 4.42 Å². The van der Waals surface area contributed by atoms with E-state index in [-0.39, 0.29) is 11.7 Å². The van der Waals surface area contributed by atoms with E-state index in [1.54, 1.807) is 22.5 Å². The molecule has 0 aliphatic carbocycles. The van der Waals surface area contributed by atoms with Crippen LogP contribution in [-0.2, 0) is 11.3 Å². The highest BCUT2D eigenvalue weighted by molar-refractivity contribution is 7.99. The molecule has 0 aliphatic rings. The summed E-state index contributed by atoms with van der Waals surface area (Å²) in [5.41, 5.74) is 2.05. The topological polar surface area (TPSA) is 64.2 Å². The molecular weight excluding hydrogens is 392 g/mol. The van der Waals surface area contributed by atoms with Crippen molar-refractivity contribution < 1.29 is 9.21 Å². The molecule has 0 spiro atoms. The number of aromatic nitrogens is 3. The number of furan rings is 1. The van der Waals surface area contributed by atoms with Crippen LogP contribution in [0, 0.1) is 0 Å². The number of hydrogen-bond donors (Lipinski definition) is 0. The molecular formula is C20H18N4O2S2. The molecule has 0 saturated carbocycles. The molecule has 1 aromatic carbocycles. The molecule has 6 nitrogen and oxygen atoms in total. The van der Waals surface area contributed by atoms with Gasteiger partial charge in [-0.3, -0.25) is 9.36 Å². The summed E-state index contributed by atoms with van der Waals surface area (Å²) in [6.07, 6.45) is 1.61. The van der Waals surface area contributed by atoms with Gasteiger partial charge in [-0.05, 0) is 46.7 Å². The number of thioether (sulfide) groups is 1. The normalized spacial score (nSPS) is 10.9. The highest BCUT2D eigenvalue weighted by atomic mass is 32.2. The van der Waals surface area contributed by atoms with Crippen LogP contribution < -0.4 is 0 Å². The third-order valence-corrected chi connectivity index (χ3v) is 5.79. The maximum Gasteiger partial charge on any atom is 0.233 e. The van der Waals surface area contributed by atoms with Crippen molar-refractivity contribution >= 4 is 29.0 Å². The fourth-order valence-electron chi connectivity index (χ4n) is 2.72. The van der Waals surface area contributed by atoms with E-state index < -0.39 is 0 Å². The predicted octanol–water partition coefficient (Wildman–Crippen LogP) is 4.34. The number of carbonyl (C=O) groups is 1. The van der Waals surface area contributed by atoms with E-state index in [2.05, 4.69) is 15.6 Å². The number of nitrogens with zero attached hydrogens (tertiary/aromatic N) is 4. The SMILES string of the molecule is CN(Cc1ccsc1)C(=O)CSc1nnc(-c2ccco2)n1-c1ccccc1. The van der Waals surface area contributed by atoms with Crippen molar-refractivity contribution in [1.29, 1.82) is 0 Å². The van der Waals surface area contributed by atoms with Crippen molar-refractivity contribution in [2.45, 2.75) is 11.7 Å². The Kier molecular flexibility index (Phi) is 5.59. The molecule has 4 aromatic rings. The number of carbonyl (C=O) groups excluding carboxylic acids is 1. The fraction of sp³-hybridized carbons (Fsp3) is 0.150. The molecule has 0 unspecified atom stereocenters. The van der Waals surface area contributed by atoms with Gasteiger partial charge in [0.1, 0.15) is 0 Å². The van der Waals surface area contributed by atoms with E-state index in [1.165, 1.54) is 11.8 Å². The second-order valence-electron chi connectivity index (χ2n) is 6.12. The number of benzene rings is 1. The molecule has 1 amide bonds. The average molecular weight is 411 g/mol. The molecule has 0 radical (unpaired) electrons. The van der Waals surface area contributed by atoms with Gasteiger partial charge in [0.25, 0.3) is 0 Å². The molecule has 3 aromatic heterocycles. The van der Waals surface area contributed by atoms with Crippen molar-refractivity contribution in [3.8, 4) is 17.3 Å². The van der Waals surface area contributed by atoms with Crippen LogP contribution in [0.1, 0.15) is 5.56 Å². The molecule has 0 aliphatic heterocycles. The standard InChI is InChI=1S/C20H18N4O2S2/c1-23(12-15-9-11-27-13-15)18(25)14-28-20-22-21-19(17-8-5-10-26-17)24(20)16-6-3-2-4-7-16/h2-11,13H,12,14H2,1H3. The van der Waals surface area contributed by atoms with Gasteiger partial charge < -0.3 is 9.32 Å². The zero-order valence-corrected chi connectivity index (χ0v) is 16.8. The van der Waals surface area contributed by atoms with Gasteiger partial charge in [-0.15, -0.1) is 10.2 Å². The Morgan fingerprint density at radius 2 is 2.04 bits per heavy atom. The van der Waals surface area contributed by atoms with E-state index in [9.17, 15) is 4.79 Å². The Morgan fingerprint density at radius 3 is 2.75 bits per heavy atom. The number of rotatable bonds is 7. The quantitative estimate of drug-likeness (QED) is 0.424. The van der Waals surface area contributed by atoms with Crippen molar-refractivity contribution in [1.82, 2.24) is 19.7 Å². The first-order valence-corrected chi connectivity index (χ1v) is 10.6. The van der Waals surface area contributed by atoms with Crippen LogP contribution >= 0.6 is 23.1 Å². The second kappa shape index (κ2) is 8.45. The first kappa shape index (κ1) is 18.5. The molecule has 0 fully saturated rings. The van der Waals surface area contributed by atoms with Gasteiger partial charge in [0.15, 0.2) is 10.9 Å². The largest absolute Gasteiger partial charge is 0.461 e. The predicted molar refractivity (Wildman–Crippen MR) is 111 cm³/mol. The minimum Gasteiger partial charge on any atom is -0.461 e. The minimum atomic E-state index is 0.0401. The number of para-hydroxylation sites is 1. The first-order chi connectivity index (χ1) is 13.7. The highest BCUT2D eigenvalue weighted by Crippen LogP contribution is 2.28. The number of amides is 1. The maximum atomic E-state index is 12.6. The Bertz CT molecular complexity index is 1030. The van der Waals surface area contributed by atoms with Crippen molar-refractivity contribution in [3.05, 3.63) is 71.1 Å². The Balaban J connectivity index is 1.54. The molecule has 0 N–H and O–H groups in total. The molecule has 142 valence electrons. The summed E-state index contributed by atoms with van der Waals surface area (Å²) in [6.45, 7) is 0.603. The van der Waals surface area contributed by atoms with E-state index in [1.807, 2.05) is 65.5 Å². The molecule has 0 atom stereocenters.